The second kappa shape index (κ2) is 11.1. The van der Waals surface area contributed by atoms with Gasteiger partial charge in [0, 0.05) is 51.7 Å². The molecule has 0 atom stereocenters. The minimum Gasteiger partial charge on any atom is -0.363 e. The number of benzene rings is 2. The van der Waals surface area contributed by atoms with Crippen LogP contribution in [0.5, 0.6) is 0 Å². The SMILES string of the molecule is CCNC(=NCc1cc(N(C)C)nc2ccccc12)NC1CCN(Cc2ccccc2)CC1. The van der Waals surface area contributed by atoms with Crippen molar-refractivity contribution in [3.63, 3.8) is 0 Å². The Balaban J connectivity index is 1.40. The number of guanidine groups is 1. The number of hydrogen-bond donors (Lipinski definition) is 2. The van der Waals surface area contributed by atoms with Gasteiger partial charge < -0.3 is 15.5 Å². The van der Waals surface area contributed by atoms with E-state index < -0.39 is 0 Å². The summed E-state index contributed by atoms with van der Waals surface area (Å²) >= 11 is 0. The third kappa shape index (κ3) is 6.23. The predicted octanol–water partition coefficient (Wildman–Crippen LogP) is 4.02. The van der Waals surface area contributed by atoms with E-state index in [2.05, 4.69) is 77.1 Å². The number of aliphatic imine (C=N–C) groups is 1. The monoisotopic (exact) mass is 444 g/mol. The van der Waals surface area contributed by atoms with Gasteiger partial charge in [-0.3, -0.25) is 4.90 Å². The average molecular weight is 445 g/mol. The highest BCUT2D eigenvalue weighted by molar-refractivity contribution is 5.85. The summed E-state index contributed by atoms with van der Waals surface area (Å²) in [5.41, 5.74) is 3.59. The van der Waals surface area contributed by atoms with E-state index in [9.17, 15) is 0 Å². The van der Waals surface area contributed by atoms with Crippen LogP contribution >= 0.6 is 0 Å². The summed E-state index contributed by atoms with van der Waals surface area (Å²) in [5.74, 6) is 1.86. The van der Waals surface area contributed by atoms with Gasteiger partial charge in [-0.25, -0.2) is 9.98 Å². The molecule has 0 aliphatic carbocycles. The van der Waals surface area contributed by atoms with Crippen molar-refractivity contribution in [1.82, 2.24) is 20.5 Å². The van der Waals surface area contributed by atoms with E-state index in [-0.39, 0.29) is 0 Å². The zero-order valence-corrected chi connectivity index (χ0v) is 20.1. The Kier molecular flexibility index (Phi) is 7.79. The van der Waals surface area contributed by atoms with E-state index in [1.165, 1.54) is 11.1 Å². The first-order valence-corrected chi connectivity index (χ1v) is 12.0. The highest BCUT2D eigenvalue weighted by Crippen LogP contribution is 2.23. The van der Waals surface area contributed by atoms with Crippen LogP contribution in [0.2, 0.25) is 0 Å². The molecule has 2 aromatic carbocycles. The predicted molar refractivity (Wildman–Crippen MR) is 139 cm³/mol. The van der Waals surface area contributed by atoms with Crippen molar-refractivity contribution >= 4 is 22.7 Å². The van der Waals surface area contributed by atoms with Crippen molar-refractivity contribution < 1.29 is 0 Å². The molecule has 174 valence electrons. The van der Waals surface area contributed by atoms with Gasteiger partial charge in [-0.05, 0) is 43.0 Å². The van der Waals surface area contributed by atoms with Crippen LogP contribution in [0.25, 0.3) is 10.9 Å². The molecule has 0 amide bonds. The molecular weight excluding hydrogens is 408 g/mol. The first kappa shape index (κ1) is 23.1. The third-order valence-corrected chi connectivity index (χ3v) is 6.18. The van der Waals surface area contributed by atoms with Crippen LogP contribution < -0.4 is 15.5 Å². The molecule has 4 rings (SSSR count). The lowest BCUT2D eigenvalue weighted by atomic mass is 10.0. The van der Waals surface area contributed by atoms with Crippen LogP contribution in [-0.2, 0) is 13.1 Å². The molecule has 1 aromatic heterocycles. The zero-order valence-electron chi connectivity index (χ0n) is 20.1. The lowest BCUT2D eigenvalue weighted by molar-refractivity contribution is 0.198. The Morgan fingerprint density at radius 2 is 1.79 bits per heavy atom. The minimum atomic E-state index is 0.446. The molecule has 6 heteroatoms. The van der Waals surface area contributed by atoms with Crippen molar-refractivity contribution in [2.45, 2.75) is 38.9 Å². The van der Waals surface area contributed by atoms with Crippen molar-refractivity contribution in [1.29, 1.82) is 0 Å². The van der Waals surface area contributed by atoms with Crippen LogP contribution in [0.4, 0.5) is 5.82 Å². The van der Waals surface area contributed by atoms with Gasteiger partial charge in [0.15, 0.2) is 5.96 Å². The van der Waals surface area contributed by atoms with Gasteiger partial charge in [0.1, 0.15) is 5.82 Å². The second-order valence-corrected chi connectivity index (χ2v) is 8.93. The number of rotatable bonds is 7. The van der Waals surface area contributed by atoms with E-state index >= 15 is 0 Å². The Morgan fingerprint density at radius 3 is 2.52 bits per heavy atom. The smallest absolute Gasteiger partial charge is 0.191 e. The fraction of sp³-hybridized carbons (Fsp3) is 0.407. The van der Waals surface area contributed by atoms with Crippen LogP contribution in [0.3, 0.4) is 0 Å². The fourth-order valence-electron chi connectivity index (χ4n) is 4.35. The van der Waals surface area contributed by atoms with E-state index in [4.69, 9.17) is 9.98 Å². The number of pyridine rings is 1. The van der Waals surface area contributed by atoms with Crippen molar-refractivity contribution in [2.75, 3.05) is 38.6 Å². The average Bonchev–Trinajstić information content (AvgIpc) is 2.84. The highest BCUT2D eigenvalue weighted by Gasteiger charge is 2.20. The number of anilines is 1. The van der Waals surface area contributed by atoms with Gasteiger partial charge in [0.25, 0.3) is 0 Å². The van der Waals surface area contributed by atoms with E-state index in [0.717, 1.165) is 61.7 Å². The molecule has 0 saturated carbocycles. The molecule has 6 nitrogen and oxygen atoms in total. The largest absolute Gasteiger partial charge is 0.363 e. The minimum absolute atomic E-state index is 0.446. The first-order chi connectivity index (χ1) is 16.1. The van der Waals surface area contributed by atoms with Gasteiger partial charge in [-0.1, -0.05) is 48.5 Å². The summed E-state index contributed by atoms with van der Waals surface area (Å²) in [6.07, 6.45) is 2.25. The number of likely N-dealkylation sites (tertiary alicyclic amines) is 1. The molecule has 0 spiro atoms. The molecule has 1 aliphatic heterocycles. The Bertz CT molecular complexity index is 1050. The number of piperidine rings is 1. The van der Waals surface area contributed by atoms with Crippen molar-refractivity contribution in [3.8, 4) is 0 Å². The molecule has 2 heterocycles. The molecule has 1 fully saturated rings. The summed E-state index contributed by atoms with van der Waals surface area (Å²) in [5, 5.41) is 8.28. The maximum Gasteiger partial charge on any atom is 0.191 e. The second-order valence-electron chi connectivity index (χ2n) is 8.93. The van der Waals surface area contributed by atoms with Crippen molar-refractivity contribution in [2.24, 2.45) is 4.99 Å². The molecule has 0 radical (unpaired) electrons. The number of nitrogens with zero attached hydrogens (tertiary/aromatic N) is 4. The number of para-hydroxylation sites is 1. The molecule has 0 unspecified atom stereocenters. The van der Waals surface area contributed by atoms with Gasteiger partial charge in [0.05, 0.1) is 12.1 Å². The van der Waals surface area contributed by atoms with Gasteiger partial charge in [-0.2, -0.15) is 0 Å². The summed E-state index contributed by atoms with van der Waals surface area (Å²) in [7, 11) is 4.06. The van der Waals surface area contributed by atoms with Crippen LogP contribution in [0.1, 0.15) is 30.9 Å². The normalized spacial score (nSPS) is 15.5. The Labute approximate surface area is 197 Å². The lowest BCUT2D eigenvalue weighted by Crippen LogP contribution is -2.48. The number of aromatic nitrogens is 1. The quantitative estimate of drug-likeness (QED) is 0.426. The zero-order chi connectivity index (χ0) is 23.0. The van der Waals surface area contributed by atoms with Crippen LogP contribution in [0.15, 0.2) is 65.7 Å². The number of nitrogens with one attached hydrogen (secondary N) is 2. The number of fused-ring (bicyclic) bond motifs is 1. The highest BCUT2D eigenvalue weighted by atomic mass is 15.2. The van der Waals surface area contributed by atoms with Gasteiger partial charge in [0.2, 0.25) is 0 Å². The van der Waals surface area contributed by atoms with Gasteiger partial charge >= 0.3 is 0 Å². The lowest BCUT2D eigenvalue weighted by Gasteiger charge is -2.33. The molecule has 1 aliphatic rings. The Hall–Kier alpha value is -3.12. The fourth-order valence-corrected chi connectivity index (χ4v) is 4.35. The molecule has 2 N–H and O–H groups in total. The number of hydrogen-bond acceptors (Lipinski definition) is 4. The van der Waals surface area contributed by atoms with E-state index in [0.29, 0.717) is 12.6 Å². The summed E-state index contributed by atoms with van der Waals surface area (Å²) < 4.78 is 0. The van der Waals surface area contributed by atoms with Gasteiger partial charge in [-0.15, -0.1) is 0 Å². The summed E-state index contributed by atoms with van der Waals surface area (Å²) in [6.45, 7) is 6.82. The maximum atomic E-state index is 4.95. The van der Waals surface area contributed by atoms with Crippen LogP contribution in [-0.4, -0.2) is 55.6 Å². The van der Waals surface area contributed by atoms with Crippen molar-refractivity contribution in [3.05, 3.63) is 71.8 Å². The molecule has 3 aromatic rings. The summed E-state index contributed by atoms with van der Waals surface area (Å²) in [6, 6.07) is 21.7. The Morgan fingerprint density at radius 1 is 1.06 bits per heavy atom. The van der Waals surface area contributed by atoms with Crippen LogP contribution in [0, 0.1) is 0 Å². The topological polar surface area (TPSA) is 55.8 Å². The third-order valence-electron chi connectivity index (χ3n) is 6.18. The standard InChI is InChI=1S/C27H36N6/c1-4-28-27(30-23-14-16-33(17-15-23)20-21-10-6-5-7-11-21)29-19-22-18-26(32(2)3)31-25-13-9-8-12-24(22)25/h5-13,18,23H,4,14-17,19-20H2,1-3H3,(H2,28,29,30). The maximum absolute atomic E-state index is 4.95. The molecule has 33 heavy (non-hydrogen) atoms. The first-order valence-electron chi connectivity index (χ1n) is 12.0. The van der Waals surface area contributed by atoms with E-state index in [1.54, 1.807) is 0 Å². The molecular formula is C27H36N6. The molecule has 0 bridgehead atoms. The molecule has 1 saturated heterocycles. The van der Waals surface area contributed by atoms with E-state index in [1.807, 2.05) is 25.1 Å². The summed E-state index contributed by atoms with van der Waals surface area (Å²) in [4.78, 5) is 14.3.